The van der Waals surface area contributed by atoms with Gasteiger partial charge in [0.05, 0.1) is 29.4 Å². The van der Waals surface area contributed by atoms with E-state index in [4.69, 9.17) is 18.3 Å². The Kier molecular flexibility index (Phi) is 6.45. The number of non-ortho nitro benzene ring substituents is 1. The Morgan fingerprint density at radius 2 is 1.56 bits per heavy atom. The van der Waals surface area contributed by atoms with Gasteiger partial charge in [0, 0.05) is 23.8 Å². The third-order valence-corrected chi connectivity index (χ3v) is 4.32. The van der Waals surface area contributed by atoms with Crippen molar-refractivity contribution in [2.45, 2.75) is 0 Å². The minimum absolute atomic E-state index is 0.00654. The standard InChI is InChI=1S/C23H15N3O8/c27-22(19-3-1-11-31-19)33-18-10-5-15(21(13-18)34-23(28)20-4-2-12-32-20)14-24-25-16-6-8-17(9-7-16)26(29)30/h1-14,25H/b24-14-. The lowest BCUT2D eigenvalue weighted by atomic mass is 10.2. The molecule has 0 aliphatic heterocycles. The molecule has 0 saturated carbocycles. The van der Waals surface area contributed by atoms with E-state index >= 15 is 0 Å². The molecule has 0 atom stereocenters. The first-order chi connectivity index (χ1) is 16.5. The number of benzene rings is 2. The second-order valence-electron chi connectivity index (χ2n) is 6.61. The molecule has 0 amide bonds. The molecule has 4 rings (SSSR count). The summed E-state index contributed by atoms with van der Waals surface area (Å²) in [6.07, 6.45) is 4.03. The molecule has 2 aromatic carbocycles. The number of carbonyl (C=O) groups excluding carboxylic acids is 2. The lowest BCUT2D eigenvalue weighted by Crippen LogP contribution is -2.10. The SMILES string of the molecule is O=C(Oc1ccc(/C=N\Nc2ccc([N+](=O)[O-])cc2)c(OC(=O)c2ccco2)c1)c1ccco1. The van der Waals surface area contributed by atoms with Crippen molar-refractivity contribution in [1.29, 1.82) is 0 Å². The van der Waals surface area contributed by atoms with E-state index in [0.29, 0.717) is 11.3 Å². The molecule has 0 radical (unpaired) electrons. The van der Waals surface area contributed by atoms with Crippen LogP contribution >= 0.6 is 0 Å². The largest absolute Gasteiger partial charge is 0.457 e. The van der Waals surface area contributed by atoms with Crippen LogP contribution in [-0.2, 0) is 0 Å². The molecule has 0 spiro atoms. The second-order valence-corrected chi connectivity index (χ2v) is 6.61. The number of nitrogens with zero attached hydrogens (tertiary/aromatic N) is 2. The van der Waals surface area contributed by atoms with Crippen molar-refractivity contribution in [2.24, 2.45) is 5.10 Å². The monoisotopic (exact) mass is 461 g/mol. The van der Waals surface area contributed by atoms with Crippen LogP contribution in [0.3, 0.4) is 0 Å². The number of hydrazone groups is 1. The van der Waals surface area contributed by atoms with E-state index in [9.17, 15) is 19.7 Å². The fraction of sp³-hybridized carbons (Fsp3) is 0. The average Bonchev–Trinajstić information content (AvgIpc) is 3.55. The lowest BCUT2D eigenvalue weighted by Gasteiger charge is -2.09. The number of ether oxygens (including phenoxy) is 2. The number of carbonyl (C=O) groups is 2. The van der Waals surface area contributed by atoms with Gasteiger partial charge in [-0.3, -0.25) is 15.5 Å². The number of esters is 2. The van der Waals surface area contributed by atoms with Gasteiger partial charge in [-0.1, -0.05) is 0 Å². The molecular weight excluding hydrogens is 446 g/mol. The summed E-state index contributed by atoms with van der Waals surface area (Å²) in [6.45, 7) is 0. The van der Waals surface area contributed by atoms with E-state index in [2.05, 4.69) is 10.5 Å². The van der Waals surface area contributed by atoms with Gasteiger partial charge in [-0.15, -0.1) is 0 Å². The molecule has 11 heteroatoms. The Balaban J connectivity index is 1.54. The highest BCUT2D eigenvalue weighted by Gasteiger charge is 2.17. The molecule has 11 nitrogen and oxygen atoms in total. The summed E-state index contributed by atoms with van der Waals surface area (Å²) in [5.74, 6) is -1.37. The first-order valence-electron chi connectivity index (χ1n) is 9.68. The smallest absolute Gasteiger partial charge is 0.379 e. The van der Waals surface area contributed by atoms with Crippen molar-refractivity contribution in [2.75, 3.05) is 5.43 Å². The molecule has 0 aliphatic carbocycles. The summed E-state index contributed by atoms with van der Waals surface area (Å²) >= 11 is 0. The van der Waals surface area contributed by atoms with Gasteiger partial charge in [-0.25, -0.2) is 9.59 Å². The molecule has 34 heavy (non-hydrogen) atoms. The molecule has 1 N–H and O–H groups in total. The molecule has 0 saturated heterocycles. The summed E-state index contributed by atoms with van der Waals surface area (Å²) in [4.78, 5) is 34.8. The molecule has 4 aromatic rings. The number of nitro groups is 1. The van der Waals surface area contributed by atoms with Gasteiger partial charge in [-0.2, -0.15) is 5.10 Å². The molecule has 0 unspecified atom stereocenters. The van der Waals surface area contributed by atoms with E-state index in [-0.39, 0.29) is 28.7 Å². The van der Waals surface area contributed by atoms with Crippen molar-refractivity contribution in [3.8, 4) is 11.5 Å². The van der Waals surface area contributed by atoms with Gasteiger partial charge in [0.2, 0.25) is 11.5 Å². The highest BCUT2D eigenvalue weighted by atomic mass is 16.6. The minimum atomic E-state index is -0.766. The fourth-order valence-corrected chi connectivity index (χ4v) is 2.70. The topological polar surface area (TPSA) is 146 Å². The van der Waals surface area contributed by atoms with Crippen molar-refractivity contribution in [3.05, 3.63) is 106 Å². The third-order valence-electron chi connectivity index (χ3n) is 4.32. The van der Waals surface area contributed by atoms with Crippen molar-refractivity contribution < 1.29 is 32.8 Å². The zero-order valence-electron chi connectivity index (χ0n) is 17.2. The van der Waals surface area contributed by atoms with Crippen molar-refractivity contribution in [3.63, 3.8) is 0 Å². The molecule has 0 fully saturated rings. The number of furan rings is 2. The summed E-state index contributed by atoms with van der Waals surface area (Å²) < 4.78 is 20.7. The number of rotatable bonds is 8. The van der Waals surface area contributed by atoms with Crippen LogP contribution in [0.25, 0.3) is 0 Å². The summed E-state index contributed by atoms with van der Waals surface area (Å²) in [6, 6.07) is 16.0. The van der Waals surface area contributed by atoms with Crippen LogP contribution in [0.4, 0.5) is 11.4 Å². The number of hydrogen-bond acceptors (Lipinski definition) is 10. The molecule has 2 heterocycles. The van der Waals surface area contributed by atoms with Gasteiger partial charge in [0.1, 0.15) is 11.5 Å². The van der Waals surface area contributed by atoms with Gasteiger partial charge in [0.15, 0.2) is 0 Å². The predicted octanol–water partition coefficient (Wildman–Crippen LogP) is 4.67. The van der Waals surface area contributed by atoms with Gasteiger partial charge < -0.3 is 18.3 Å². The van der Waals surface area contributed by atoms with Gasteiger partial charge in [-0.05, 0) is 48.5 Å². The van der Waals surface area contributed by atoms with E-state index in [0.717, 1.165) is 0 Å². The van der Waals surface area contributed by atoms with E-state index in [1.807, 2.05) is 0 Å². The quantitative estimate of drug-likeness (QED) is 0.130. The number of anilines is 1. The molecule has 0 aliphatic rings. The summed E-state index contributed by atoms with van der Waals surface area (Å²) in [5, 5.41) is 14.8. The first kappa shape index (κ1) is 22.0. The van der Waals surface area contributed by atoms with Crippen LogP contribution in [0.15, 0.2) is 93.2 Å². The molecular formula is C23H15N3O8. The minimum Gasteiger partial charge on any atom is -0.457 e. The molecule has 2 aromatic heterocycles. The van der Waals surface area contributed by atoms with Gasteiger partial charge in [0.25, 0.3) is 5.69 Å². The number of nitrogens with one attached hydrogen (secondary N) is 1. The van der Waals surface area contributed by atoms with E-state index < -0.39 is 16.9 Å². The zero-order chi connectivity index (χ0) is 23.9. The van der Waals surface area contributed by atoms with Crippen LogP contribution in [0.2, 0.25) is 0 Å². The normalized spacial score (nSPS) is 10.7. The Morgan fingerprint density at radius 3 is 2.15 bits per heavy atom. The van der Waals surface area contributed by atoms with E-state index in [1.165, 1.54) is 79.4 Å². The average molecular weight is 461 g/mol. The summed E-state index contributed by atoms with van der Waals surface area (Å²) in [5.41, 5.74) is 3.54. The van der Waals surface area contributed by atoms with Gasteiger partial charge >= 0.3 is 11.9 Å². The summed E-state index contributed by atoms with van der Waals surface area (Å²) in [7, 11) is 0. The maximum Gasteiger partial charge on any atom is 0.379 e. The lowest BCUT2D eigenvalue weighted by molar-refractivity contribution is -0.384. The van der Waals surface area contributed by atoms with Crippen LogP contribution < -0.4 is 14.9 Å². The highest BCUT2D eigenvalue weighted by Crippen LogP contribution is 2.26. The maximum atomic E-state index is 12.4. The second kappa shape index (κ2) is 9.96. The van der Waals surface area contributed by atoms with Crippen molar-refractivity contribution >= 4 is 29.5 Å². The highest BCUT2D eigenvalue weighted by molar-refractivity contribution is 5.92. The Bertz CT molecular complexity index is 1330. The Labute approximate surface area is 191 Å². The fourth-order valence-electron chi connectivity index (χ4n) is 2.70. The predicted molar refractivity (Wildman–Crippen MR) is 118 cm³/mol. The van der Waals surface area contributed by atoms with Crippen LogP contribution in [0.1, 0.15) is 26.7 Å². The van der Waals surface area contributed by atoms with Crippen LogP contribution in [0, 0.1) is 10.1 Å². The maximum absolute atomic E-state index is 12.4. The molecule has 170 valence electrons. The zero-order valence-corrected chi connectivity index (χ0v) is 17.2. The third kappa shape index (κ3) is 5.34. The van der Waals surface area contributed by atoms with Crippen molar-refractivity contribution in [1.82, 2.24) is 0 Å². The Morgan fingerprint density at radius 1 is 0.912 bits per heavy atom. The van der Waals surface area contributed by atoms with Crippen LogP contribution in [-0.4, -0.2) is 23.1 Å². The number of nitro benzene ring substituents is 1. The first-order valence-corrected chi connectivity index (χ1v) is 9.68. The van der Waals surface area contributed by atoms with Crippen LogP contribution in [0.5, 0.6) is 11.5 Å². The van der Waals surface area contributed by atoms with E-state index in [1.54, 1.807) is 6.07 Å². The molecule has 0 bridgehead atoms. The Hall–Kier alpha value is -5.19. The number of hydrogen-bond donors (Lipinski definition) is 1.